The third-order valence-corrected chi connectivity index (χ3v) is 10.2. The minimum absolute atomic E-state index is 0.102. The second-order valence-electron chi connectivity index (χ2n) is 11.4. The van der Waals surface area contributed by atoms with Gasteiger partial charge >= 0.3 is 0 Å². The number of amides is 1. The van der Waals surface area contributed by atoms with Crippen LogP contribution in [0.1, 0.15) is 35.5 Å². The third-order valence-electron chi connectivity index (χ3n) is 8.39. The highest BCUT2D eigenvalue weighted by molar-refractivity contribution is 7.89. The predicted octanol–water partition coefficient (Wildman–Crippen LogP) is 4.83. The zero-order chi connectivity index (χ0) is 30.2. The number of carbonyl (C=O) groups excluding carboxylic acids is 1. The quantitative estimate of drug-likeness (QED) is 0.348. The molecule has 0 unspecified atom stereocenters. The third kappa shape index (κ3) is 5.49. The molecule has 1 amide bonds. The van der Waals surface area contributed by atoms with Crippen molar-refractivity contribution in [2.75, 3.05) is 26.7 Å². The molecule has 1 aliphatic heterocycles. The normalized spacial score (nSPS) is 18.9. The lowest BCUT2D eigenvalue weighted by Gasteiger charge is -2.35. The van der Waals surface area contributed by atoms with Crippen molar-refractivity contribution in [2.45, 2.75) is 44.4 Å². The molecule has 0 bridgehead atoms. The van der Waals surface area contributed by atoms with Gasteiger partial charge in [0.1, 0.15) is 5.69 Å². The van der Waals surface area contributed by atoms with Gasteiger partial charge in [0.15, 0.2) is 0 Å². The lowest BCUT2D eigenvalue weighted by Crippen LogP contribution is -2.48. The molecule has 5 rings (SSSR count). The molecule has 0 saturated carbocycles. The van der Waals surface area contributed by atoms with Gasteiger partial charge in [0, 0.05) is 49.6 Å². The fraction of sp³-hybridized carbons (Fsp3) is 0.364. The molecule has 3 atom stereocenters. The Hall–Kier alpha value is -3.50. The molecule has 222 valence electrons. The monoisotopic (exact) mass is 589 g/mol. The summed E-state index contributed by atoms with van der Waals surface area (Å²) in [4.78, 5) is 16.4. The van der Waals surface area contributed by atoms with Crippen LogP contribution in [0, 0.1) is 12.8 Å². The molecule has 3 aromatic carbocycles. The van der Waals surface area contributed by atoms with Crippen molar-refractivity contribution in [2.24, 2.45) is 13.0 Å². The van der Waals surface area contributed by atoms with Gasteiger partial charge in [-0.2, -0.15) is 4.31 Å². The van der Waals surface area contributed by atoms with Crippen LogP contribution in [0.3, 0.4) is 0 Å². The summed E-state index contributed by atoms with van der Waals surface area (Å²) in [5.74, 6) is -0.435. The van der Waals surface area contributed by atoms with Gasteiger partial charge in [-0.3, -0.25) is 4.79 Å². The average molecular weight is 590 g/mol. The number of aryl methyl sites for hydroxylation is 2. The summed E-state index contributed by atoms with van der Waals surface area (Å²) in [5, 5.41) is 11.2. The second-order valence-corrected chi connectivity index (χ2v) is 13.4. The molecular formula is C33H39N3O5S. The number of rotatable bonds is 6. The van der Waals surface area contributed by atoms with E-state index in [1.165, 1.54) is 4.31 Å². The van der Waals surface area contributed by atoms with E-state index in [0.717, 1.165) is 33.2 Å². The van der Waals surface area contributed by atoms with Crippen LogP contribution in [0.5, 0.6) is 0 Å². The lowest BCUT2D eigenvalue weighted by atomic mass is 9.96. The van der Waals surface area contributed by atoms with Crippen LogP contribution in [0.4, 0.5) is 0 Å². The van der Waals surface area contributed by atoms with Crippen LogP contribution in [0.25, 0.3) is 22.0 Å². The standard InChI is InChI=1S/C33H39N3O5S/c1-22-14-16-26(17-15-22)42(39,40)34(4)19-30-23(2)18-36(24(3)20-37)33(38)32-31(27-11-7-6-10-25(27)21-41-30)28-12-8-9-13-29(28)35(32)5/h6-17,23-24,30,37H,18-21H2,1-5H3/t23-,24-,30-/m1/s1. The van der Waals surface area contributed by atoms with Gasteiger partial charge < -0.3 is 19.3 Å². The highest BCUT2D eigenvalue weighted by Gasteiger charge is 2.34. The van der Waals surface area contributed by atoms with Gasteiger partial charge in [0.2, 0.25) is 10.0 Å². The first-order chi connectivity index (χ1) is 20.0. The maximum atomic E-state index is 14.5. The van der Waals surface area contributed by atoms with Crippen molar-refractivity contribution in [1.29, 1.82) is 0 Å². The SMILES string of the molecule is Cc1ccc(S(=O)(=O)N(C)C[C@H]2OCc3ccccc3-c3c(n(C)c4ccccc34)C(=O)N([C@H](C)CO)C[C@H]2C)cc1. The van der Waals surface area contributed by atoms with Gasteiger partial charge in [-0.05, 0) is 43.2 Å². The zero-order valence-corrected chi connectivity index (χ0v) is 25.6. The van der Waals surface area contributed by atoms with Crippen LogP contribution in [-0.2, 0) is 28.4 Å². The number of hydrogen-bond donors (Lipinski definition) is 1. The molecule has 42 heavy (non-hydrogen) atoms. The molecule has 0 fully saturated rings. The highest BCUT2D eigenvalue weighted by Crippen LogP contribution is 2.38. The van der Waals surface area contributed by atoms with Crippen LogP contribution >= 0.6 is 0 Å². The maximum absolute atomic E-state index is 14.5. The maximum Gasteiger partial charge on any atom is 0.271 e. The Morgan fingerprint density at radius 2 is 1.71 bits per heavy atom. The molecule has 2 heterocycles. The first kappa shape index (κ1) is 30.0. The fourth-order valence-electron chi connectivity index (χ4n) is 5.77. The van der Waals surface area contributed by atoms with E-state index >= 15 is 0 Å². The summed E-state index contributed by atoms with van der Waals surface area (Å²) in [6.45, 7) is 6.12. The Morgan fingerprint density at radius 3 is 2.43 bits per heavy atom. The van der Waals surface area contributed by atoms with E-state index in [0.29, 0.717) is 5.69 Å². The molecule has 9 heteroatoms. The number of aliphatic hydroxyl groups is 1. The summed E-state index contributed by atoms with van der Waals surface area (Å²) in [7, 11) is -0.303. The predicted molar refractivity (Wildman–Crippen MR) is 165 cm³/mol. The number of hydrogen-bond acceptors (Lipinski definition) is 5. The first-order valence-electron chi connectivity index (χ1n) is 14.3. The molecule has 8 nitrogen and oxygen atoms in total. The average Bonchev–Trinajstić information content (AvgIpc) is 3.28. The van der Waals surface area contributed by atoms with E-state index in [-0.39, 0.29) is 43.0 Å². The van der Waals surface area contributed by atoms with Crippen molar-refractivity contribution in [1.82, 2.24) is 13.8 Å². The van der Waals surface area contributed by atoms with Gasteiger partial charge in [0.25, 0.3) is 5.91 Å². The number of aliphatic hydroxyl groups excluding tert-OH is 1. The smallest absolute Gasteiger partial charge is 0.271 e. The van der Waals surface area contributed by atoms with E-state index in [9.17, 15) is 18.3 Å². The first-order valence-corrected chi connectivity index (χ1v) is 15.7. The minimum Gasteiger partial charge on any atom is -0.394 e. The van der Waals surface area contributed by atoms with Crippen LogP contribution < -0.4 is 0 Å². The Bertz CT molecular complexity index is 1700. The summed E-state index contributed by atoms with van der Waals surface area (Å²) < 4.78 is 36.8. The zero-order valence-electron chi connectivity index (χ0n) is 24.8. The molecule has 0 saturated heterocycles. The number of nitrogens with zero attached hydrogens (tertiary/aromatic N) is 3. The minimum atomic E-state index is -3.76. The van der Waals surface area contributed by atoms with E-state index in [1.54, 1.807) is 36.2 Å². The number of fused-ring (bicyclic) bond motifs is 5. The Labute approximate surface area is 248 Å². The molecule has 0 aliphatic carbocycles. The topological polar surface area (TPSA) is 92.1 Å². The fourth-order valence-corrected chi connectivity index (χ4v) is 6.95. The second kappa shape index (κ2) is 12.0. The molecule has 4 aromatic rings. The van der Waals surface area contributed by atoms with E-state index in [1.807, 2.05) is 80.9 Å². The Balaban J connectivity index is 1.60. The summed E-state index contributed by atoms with van der Waals surface area (Å²) in [6, 6.07) is 22.2. The number of benzene rings is 3. The molecule has 1 N–H and O–H groups in total. The van der Waals surface area contributed by atoms with Crippen molar-refractivity contribution in [3.05, 3.63) is 89.6 Å². The Morgan fingerprint density at radius 1 is 1.05 bits per heavy atom. The number of carbonyl (C=O) groups is 1. The molecule has 1 aliphatic rings. The van der Waals surface area contributed by atoms with Gasteiger partial charge in [-0.25, -0.2) is 8.42 Å². The summed E-state index contributed by atoms with van der Waals surface area (Å²) >= 11 is 0. The van der Waals surface area contributed by atoms with Gasteiger partial charge in [-0.1, -0.05) is 67.1 Å². The van der Waals surface area contributed by atoms with Crippen molar-refractivity contribution >= 4 is 26.8 Å². The molecular weight excluding hydrogens is 550 g/mol. The largest absolute Gasteiger partial charge is 0.394 e. The molecule has 1 aromatic heterocycles. The Kier molecular flexibility index (Phi) is 8.57. The van der Waals surface area contributed by atoms with E-state index in [2.05, 4.69) is 0 Å². The molecule has 0 radical (unpaired) electrons. The number of para-hydroxylation sites is 1. The highest BCUT2D eigenvalue weighted by atomic mass is 32.2. The number of likely N-dealkylation sites (N-methyl/N-ethyl adjacent to an activating group) is 1. The number of aromatic nitrogens is 1. The van der Waals surface area contributed by atoms with Gasteiger partial charge in [-0.15, -0.1) is 0 Å². The van der Waals surface area contributed by atoms with Crippen molar-refractivity contribution in [3.63, 3.8) is 0 Å². The van der Waals surface area contributed by atoms with Gasteiger partial charge in [0.05, 0.1) is 30.3 Å². The summed E-state index contributed by atoms with van der Waals surface area (Å²) in [5.41, 5.74) is 5.10. The lowest BCUT2D eigenvalue weighted by molar-refractivity contribution is -0.0147. The van der Waals surface area contributed by atoms with Crippen LogP contribution in [0.15, 0.2) is 77.7 Å². The van der Waals surface area contributed by atoms with Crippen molar-refractivity contribution < 1.29 is 23.1 Å². The number of sulfonamides is 1. The summed E-state index contributed by atoms with van der Waals surface area (Å²) in [6.07, 6.45) is -0.526. The molecule has 0 spiro atoms. The number of ether oxygens (including phenoxy) is 1. The van der Waals surface area contributed by atoms with E-state index in [4.69, 9.17) is 4.74 Å². The van der Waals surface area contributed by atoms with Crippen LogP contribution in [0.2, 0.25) is 0 Å². The van der Waals surface area contributed by atoms with E-state index < -0.39 is 22.2 Å². The van der Waals surface area contributed by atoms with Crippen molar-refractivity contribution in [3.8, 4) is 11.1 Å². The van der Waals surface area contributed by atoms with Crippen LogP contribution in [-0.4, -0.2) is 72.1 Å².